The average molecular weight is 328 g/mol. The normalized spacial score (nSPS) is 11.9. The summed E-state index contributed by atoms with van der Waals surface area (Å²) in [5.41, 5.74) is 1.16. The number of amides is 1. The molecule has 3 nitrogen and oxygen atoms in total. The van der Waals surface area contributed by atoms with Crippen LogP contribution in [0, 0.1) is 12.8 Å². The smallest absolute Gasteiger partial charge is 0.223 e. The third kappa shape index (κ3) is 7.21. The van der Waals surface area contributed by atoms with Crippen molar-refractivity contribution >= 4 is 21.8 Å². The van der Waals surface area contributed by atoms with Crippen LogP contribution in [0.5, 0.6) is 5.75 Å². The van der Waals surface area contributed by atoms with Gasteiger partial charge in [0.1, 0.15) is 5.75 Å². The fourth-order valence-corrected chi connectivity index (χ4v) is 2.41. The maximum Gasteiger partial charge on any atom is 0.223 e. The second-order valence-corrected chi connectivity index (χ2v) is 5.59. The van der Waals surface area contributed by atoms with E-state index in [2.05, 4.69) is 28.2 Å². The molecule has 0 spiro atoms. The molecule has 1 atom stereocenters. The summed E-state index contributed by atoms with van der Waals surface area (Å²) in [7, 11) is 0. The standard InChI is InChI=1S/C15H22BrNO2/c1-12-4-3-5-14(10-12)19-9-7-15(18)17-11-13(2)6-8-16/h3-5,10,13H,6-9,11H2,1-2H3,(H,17,18). The van der Waals surface area contributed by atoms with E-state index < -0.39 is 0 Å². The van der Waals surface area contributed by atoms with Gasteiger partial charge in [-0.1, -0.05) is 35.0 Å². The van der Waals surface area contributed by atoms with Crippen LogP contribution in [0.25, 0.3) is 0 Å². The Labute approximate surface area is 123 Å². The van der Waals surface area contributed by atoms with Gasteiger partial charge in [-0.15, -0.1) is 0 Å². The van der Waals surface area contributed by atoms with E-state index >= 15 is 0 Å². The Morgan fingerprint density at radius 1 is 1.47 bits per heavy atom. The first kappa shape index (κ1) is 16.0. The summed E-state index contributed by atoms with van der Waals surface area (Å²) in [6.45, 7) is 5.30. The highest BCUT2D eigenvalue weighted by molar-refractivity contribution is 9.09. The van der Waals surface area contributed by atoms with Crippen molar-refractivity contribution in [3.8, 4) is 5.75 Å². The van der Waals surface area contributed by atoms with Crippen LogP contribution in [-0.2, 0) is 4.79 Å². The van der Waals surface area contributed by atoms with E-state index in [0.29, 0.717) is 18.9 Å². The van der Waals surface area contributed by atoms with E-state index in [9.17, 15) is 4.79 Å². The SMILES string of the molecule is Cc1cccc(OCCC(=O)NCC(C)CCBr)c1. The molecule has 0 saturated carbocycles. The Morgan fingerprint density at radius 3 is 2.95 bits per heavy atom. The Hall–Kier alpha value is -1.03. The minimum absolute atomic E-state index is 0.0501. The van der Waals surface area contributed by atoms with E-state index in [1.165, 1.54) is 0 Å². The lowest BCUT2D eigenvalue weighted by Gasteiger charge is -2.11. The number of carbonyl (C=O) groups is 1. The monoisotopic (exact) mass is 327 g/mol. The first-order valence-corrected chi connectivity index (χ1v) is 7.76. The molecular weight excluding hydrogens is 306 g/mol. The molecule has 0 heterocycles. The molecule has 4 heteroatoms. The number of nitrogens with one attached hydrogen (secondary N) is 1. The Morgan fingerprint density at radius 2 is 2.26 bits per heavy atom. The van der Waals surface area contributed by atoms with Crippen molar-refractivity contribution in [2.75, 3.05) is 18.5 Å². The van der Waals surface area contributed by atoms with Crippen LogP contribution in [0.15, 0.2) is 24.3 Å². The average Bonchev–Trinajstić information content (AvgIpc) is 2.37. The number of carbonyl (C=O) groups excluding carboxylic acids is 1. The van der Waals surface area contributed by atoms with Gasteiger partial charge in [0.2, 0.25) is 5.91 Å². The number of hydrogen-bond acceptors (Lipinski definition) is 2. The van der Waals surface area contributed by atoms with Crippen LogP contribution >= 0.6 is 15.9 Å². The van der Waals surface area contributed by atoms with Gasteiger partial charge in [-0.05, 0) is 37.0 Å². The fraction of sp³-hybridized carbons (Fsp3) is 0.533. The molecule has 1 N–H and O–H groups in total. The molecule has 1 aromatic rings. The summed E-state index contributed by atoms with van der Waals surface area (Å²) in [4.78, 5) is 11.6. The first-order chi connectivity index (χ1) is 9.11. The predicted molar refractivity (Wildman–Crippen MR) is 81.9 cm³/mol. The molecule has 0 fully saturated rings. The lowest BCUT2D eigenvalue weighted by molar-refractivity contribution is -0.121. The van der Waals surface area contributed by atoms with Gasteiger partial charge >= 0.3 is 0 Å². The maximum atomic E-state index is 11.6. The Kier molecular flexibility index (Phi) is 7.56. The van der Waals surface area contributed by atoms with Gasteiger partial charge in [0.15, 0.2) is 0 Å². The quantitative estimate of drug-likeness (QED) is 0.744. The van der Waals surface area contributed by atoms with Gasteiger partial charge in [-0.25, -0.2) is 0 Å². The minimum Gasteiger partial charge on any atom is -0.493 e. The van der Waals surface area contributed by atoms with Crippen molar-refractivity contribution in [1.82, 2.24) is 5.32 Å². The third-order valence-corrected chi connectivity index (χ3v) is 3.29. The summed E-state index contributed by atoms with van der Waals surface area (Å²) >= 11 is 3.40. The molecule has 0 aliphatic heterocycles. The number of ether oxygens (including phenoxy) is 1. The zero-order valence-corrected chi connectivity index (χ0v) is 13.2. The molecule has 106 valence electrons. The van der Waals surface area contributed by atoms with Crippen molar-refractivity contribution in [2.45, 2.75) is 26.7 Å². The summed E-state index contributed by atoms with van der Waals surface area (Å²) in [5, 5.41) is 3.90. The molecule has 1 unspecified atom stereocenters. The zero-order chi connectivity index (χ0) is 14.1. The predicted octanol–water partition coefficient (Wildman–Crippen LogP) is 3.30. The van der Waals surface area contributed by atoms with Gasteiger partial charge in [0.05, 0.1) is 13.0 Å². The molecule has 0 aliphatic rings. The molecule has 0 saturated heterocycles. The molecule has 0 radical (unpaired) electrons. The summed E-state index contributed by atoms with van der Waals surface area (Å²) < 4.78 is 5.54. The van der Waals surface area contributed by atoms with Crippen LogP contribution < -0.4 is 10.1 Å². The third-order valence-electron chi connectivity index (χ3n) is 2.84. The second kappa shape index (κ2) is 8.97. The van der Waals surface area contributed by atoms with Crippen LogP contribution in [-0.4, -0.2) is 24.4 Å². The van der Waals surface area contributed by atoms with E-state index in [0.717, 1.165) is 29.6 Å². The maximum absolute atomic E-state index is 11.6. The van der Waals surface area contributed by atoms with Gasteiger partial charge in [-0.3, -0.25) is 4.79 Å². The highest BCUT2D eigenvalue weighted by Crippen LogP contribution is 2.12. The van der Waals surface area contributed by atoms with Gasteiger partial charge in [-0.2, -0.15) is 0 Å². The van der Waals surface area contributed by atoms with Crippen molar-refractivity contribution < 1.29 is 9.53 Å². The van der Waals surface area contributed by atoms with Gasteiger partial charge in [0.25, 0.3) is 0 Å². The molecule has 1 aromatic carbocycles. The number of rotatable bonds is 8. The lowest BCUT2D eigenvalue weighted by Crippen LogP contribution is -2.29. The highest BCUT2D eigenvalue weighted by Gasteiger charge is 2.05. The van der Waals surface area contributed by atoms with E-state index in [1.54, 1.807) is 0 Å². The van der Waals surface area contributed by atoms with Crippen molar-refractivity contribution in [3.05, 3.63) is 29.8 Å². The number of benzene rings is 1. The molecule has 1 amide bonds. The molecule has 19 heavy (non-hydrogen) atoms. The van der Waals surface area contributed by atoms with Crippen LogP contribution in [0.3, 0.4) is 0 Å². The fourth-order valence-electron chi connectivity index (χ4n) is 1.63. The number of alkyl halides is 1. The molecule has 0 aliphatic carbocycles. The van der Waals surface area contributed by atoms with Gasteiger partial charge < -0.3 is 10.1 Å². The molecule has 0 bridgehead atoms. The number of halogens is 1. The van der Waals surface area contributed by atoms with Crippen LogP contribution in [0.1, 0.15) is 25.3 Å². The molecular formula is C15H22BrNO2. The summed E-state index contributed by atoms with van der Waals surface area (Å²) in [6.07, 6.45) is 1.47. The lowest BCUT2D eigenvalue weighted by atomic mass is 10.1. The Balaban J connectivity index is 2.17. The number of hydrogen-bond donors (Lipinski definition) is 1. The Bertz CT molecular complexity index is 395. The van der Waals surface area contributed by atoms with Crippen molar-refractivity contribution in [2.24, 2.45) is 5.92 Å². The second-order valence-electron chi connectivity index (χ2n) is 4.80. The summed E-state index contributed by atoms with van der Waals surface area (Å²) in [5.74, 6) is 1.37. The van der Waals surface area contributed by atoms with E-state index in [4.69, 9.17) is 4.74 Å². The van der Waals surface area contributed by atoms with Crippen molar-refractivity contribution in [3.63, 3.8) is 0 Å². The topological polar surface area (TPSA) is 38.3 Å². The summed E-state index contributed by atoms with van der Waals surface area (Å²) in [6, 6.07) is 7.84. The first-order valence-electron chi connectivity index (χ1n) is 6.64. The highest BCUT2D eigenvalue weighted by atomic mass is 79.9. The zero-order valence-electron chi connectivity index (χ0n) is 11.6. The van der Waals surface area contributed by atoms with Crippen LogP contribution in [0.4, 0.5) is 0 Å². The molecule has 1 rings (SSSR count). The van der Waals surface area contributed by atoms with E-state index in [1.807, 2.05) is 31.2 Å². The van der Waals surface area contributed by atoms with E-state index in [-0.39, 0.29) is 5.91 Å². The minimum atomic E-state index is 0.0501. The van der Waals surface area contributed by atoms with Crippen molar-refractivity contribution in [1.29, 1.82) is 0 Å². The van der Waals surface area contributed by atoms with Gasteiger partial charge in [0, 0.05) is 11.9 Å². The van der Waals surface area contributed by atoms with Crippen LogP contribution in [0.2, 0.25) is 0 Å². The largest absolute Gasteiger partial charge is 0.493 e. The number of aryl methyl sites for hydroxylation is 1. The molecule has 0 aromatic heterocycles.